The monoisotopic (exact) mass is 377 g/mol. The van der Waals surface area contributed by atoms with Gasteiger partial charge in [-0.05, 0) is 48.2 Å². The highest BCUT2D eigenvalue weighted by molar-refractivity contribution is 5.97. The molecule has 2 heterocycles. The molecule has 6 heteroatoms. The fourth-order valence-electron chi connectivity index (χ4n) is 3.70. The summed E-state index contributed by atoms with van der Waals surface area (Å²) < 4.78 is 10.7. The number of anilines is 1. The number of H-pyrrole nitrogens is 1. The van der Waals surface area contributed by atoms with Crippen LogP contribution in [0.3, 0.4) is 0 Å². The van der Waals surface area contributed by atoms with Crippen LogP contribution in [0.15, 0.2) is 54.9 Å². The van der Waals surface area contributed by atoms with Gasteiger partial charge in [0.15, 0.2) is 0 Å². The molecular weight excluding hydrogens is 354 g/mol. The summed E-state index contributed by atoms with van der Waals surface area (Å²) >= 11 is 0. The quantitative estimate of drug-likeness (QED) is 0.711. The van der Waals surface area contributed by atoms with Crippen LogP contribution in [0, 0.1) is 5.92 Å². The number of hydrogen-bond donors (Lipinski definition) is 1. The van der Waals surface area contributed by atoms with Crippen molar-refractivity contribution in [3.05, 3.63) is 60.4 Å². The minimum absolute atomic E-state index is 0.0367. The van der Waals surface area contributed by atoms with Crippen LogP contribution in [-0.4, -0.2) is 36.9 Å². The van der Waals surface area contributed by atoms with Crippen molar-refractivity contribution >= 4 is 11.6 Å². The summed E-state index contributed by atoms with van der Waals surface area (Å²) in [5, 5.41) is 6.80. The summed E-state index contributed by atoms with van der Waals surface area (Å²) in [6.45, 7) is 0.732. The van der Waals surface area contributed by atoms with Gasteiger partial charge in [0.1, 0.15) is 11.5 Å². The molecule has 0 spiro atoms. The Kier molecular flexibility index (Phi) is 5.02. The fourth-order valence-corrected chi connectivity index (χ4v) is 3.70. The molecule has 28 heavy (non-hydrogen) atoms. The Morgan fingerprint density at radius 1 is 1.07 bits per heavy atom. The van der Waals surface area contributed by atoms with E-state index in [2.05, 4.69) is 10.2 Å². The summed E-state index contributed by atoms with van der Waals surface area (Å²) in [6, 6.07) is 13.8. The molecule has 0 radical (unpaired) electrons. The number of benzene rings is 2. The molecule has 0 aliphatic carbocycles. The summed E-state index contributed by atoms with van der Waals surface area (Å²) in [6.07, 6.45) is 5.15. The van der Waals surface area contributed by atoms with E-state index in [1.54, 1.807) is 20.4 Å². The largest absolute Gasteiger partial charge is 0.497 e. The minimum atomic E-state index is -0.0367. The van der Waals surface area contributed by atoms with Crippen LogP contribution in [0.5, 0.6) is 11.5 Å². The van der Waals surface area contributed by atoms with Gasteiger partial charge in [-0.3, -0.25) is 9.89 Å². The van der Waals surface area contributed by atoms with Gasteiger partial charge in [-0.2, -0.15) is 5.10 Å². The number of nitrogens with zero attached hydrogens (tertiary/aromatic N) is 2. The van der Waals surface area contributed by atoms with Crippen molar-refractivity contribution in [2.75, 3.05) is 25.7 Å². The third-order valence-corrected chi connectivity index (χ3v) is 5.22. The second kappa shape index (κ2) is 7.76. The molecular formula is C22H23N3O3. The van der Waals surface area contributed by atoms with Crippen LogP contribution in [0.1, 0.15) is 12.0 Å². The summed E-state index contributed by atoms with van der Waals surface area (Å²) in [5.41, 5.74) is 4.09. The van der Waals surface area contributed by atoms with Gasteiger partial charge < -0.3 is 14.4 Å². The van der Waals surface area contributed by atoms with E-state index >= 15 is 0 Å². The Morgan fingerprint density at radius 3 is 2.39 bits per heavy atom. The Hall–Kier alpha value is -3.28. The first kappa shape index (κ1) is 18.1. The Labute approximate surface area is 164 Å². The maximum atomic E-state index is 13.0. The molecule has 1 saturated heterocycles. The van der Waals surface area contributed by atoms with Crippen LogP contribution < -0.4 is 14.4 Å². The normalized spacial score (nSPS) is 16.4. The number of hydrogen-bond acceptors (Lipinski definition) is 4. The van der Waals surface area contributed by atoms with Gasteiger partial charge in [-0.15, -0.1) is 0 Å². The highest BCUT2D eigenvalue weighted by Gasteiger charge is 2.32. The molecule has 1 amide bonds. The standard InChI is InChI=1S/C22H23N3O3/c1-27-20-10-15(11-21(12-20)28-2)9-17-7-8-25(22(17)26)19-5-3-16(4-6-19)18-13-23-24-14-18/h3-6,10-14,17H,7-9H2,1-2H3,(H,23,24). The minimum Gasteiger partial charge on any atom is -0.497 e. The Morgan fingerprint density at radius 2 is 1.79 bits per heavy atom. The Balaban J connectivity index is 1.48. The van der Waals surface area contributed by atoms with Gasteiger partial charge in [0.2, 0.25) is 5.91 Å². The van der Waals surface area contributed by atoms with Crippen molar-refractivity contribution in [3.63, 3.8) is 0 Å². The topological polar surface area (TPSA) is 67.5 Å². The molecule has 4 rings (SSSR count). The average molecular weight is 377 g/mol. The van der Waals surface area contributed by atoms with E-state index in [4.69, 9.17) is 9.47 Å². The number of nitrogens with one attached hydrogen (secondary N) is 1. The van der Waals surface area contributed by atoms with Crippen molar-refractivity contribution < 1.29 is 14.3 Å². The fraction of sp³-hybridized carbons (Fsp3) is 0.273. The van der Waals surface area contributed by atoms with Crippen LogP contribution >= 0.6 is 0 Å². The van der Waals surface area contributed by atoms with Crippen molar-refractivity contribution in [1.82, 2.24) is 10.2 Å². The predicted octanol–water partition coefficient (Wildman–Crippen LogP) is 3.69. The molecule has 1 N–H and O–H groups in total. The highest BCUT2D eigenvalue weighted by atomic mass is 16.5. The van der Waals surface area contributed by atoms with Gasteiger partial charge in [-0.25, -0.2) is 0 Å². The molecule has 3 aromatic rings. The maximum Gasteiger partial charge on any atom is 0.230 e. The van der Waals surface area contributed by atoms with Crippen LogP contribution in [-0.2, 0) is 11.2 Å². The molecule has 1 aliphatic heterocycles. The first-order valence-corrected chi connectivity index (χ1v) is 9.30. The SMILES string of the molecule is COc1cc(CC2CCN(c3ccc(-c4cn[nH]c4)cc3)C2=O)cc(OC)c1. The lowest BCUT2D eigenvalue weighted by atomic mass is 9.97. The third-order valence-electron chi connectivity index (χ3n) is 5.22. The summed E-state index contributed by atoms with van der Waals surface area (Å²) in [5.74, 6) is 1.61. The van der Waals surface area contributed by atoms with E-state index in [0.29, 0.717) is 6.42 Å². The van der Waals surface area contributed by atoms with Gasteiger partial charge in [0.25, 0.3) is 0 Å². The van der Waals surface area contributed by atoms with Gasteiger partial charge in [-0.1, -0.05) is 12.1 Å². The van der Waals surface area contributed by atoms with E-state index in [1.165, 1.54) is 0 Å². The predicted molar refractivity (Wildman–Crippen MR) is 108 cm³/mol. The summed E-state index contributed by atoms with van der Waals surface area (Å²) in [4.78, 5) is 14.9. The van der Waals surface area contributed by atoms with Crippen molar-refractivity contribution in [2.45, 2.75) is 12.8 Å². The number of amides is 1. The first-order chi connectivity index (χ1) is 13.7. The zero-order chi connectivity index (χ0) is 19.5. The van der Waals surface area contributed by atoms with E-state index < -0.39 is 0 Å². The number of ether oxygens (including phenoxy) is 2. The molecule has 1 aliphatic rings. The zero-order valence-electron chi connectivity index (χ0n) is 16.0. The van der Waals surface area contributed by atoms with Crippen LogP contribution in [0.25, 0.3) is 11.1 Å². The van der Waals surface area contributed by atoms with Gasteiger partial charge >= 0.3 is 0 Å². The van der Waals surface area contributed by atoms with Crippen LogP contribution in [0.2, 0.25) is 0 Å². The highest BCUT2D eigenvalue weighted by Crippen LogP contribution is 2.31. The van der Waals surface area contributed by atoms with Crippen molar-refractivity contribution in [3.8, 4) is 22.6 Å². The number of carbonyl (C=O) groups excluding carboxylic acids is 1. The molecule has 1 aromatic heterocycles. The van der Waals surface area contributed by atoms with Gasteiger partial charge in [0, 0.05) is 36.0 Å². The van der Waals surface area contributed by atoms with E-state index in [1.807, 2.05) is 53.6 Å². The second-order valence-electron chi connectivity index (χ2n) is 6.93. The maximum absolute atomic E-state index is 13.0. The van der Waals surface area contributed by atoms with Crippen molar-refractivity contribution in [1.29, 1.82) is 0 Å². The van der Waals surface area contributed by atoms with E-state index in [0.717, 1.165) is 46.8 Å². The van der Waals surface area contributed by atoms with Crippen molar-refractivity contribution in [2.24, 2.45) is 5.92 Å². The average Bonchev–Trinajstić information content (AvgIpc) is 3.39. The zero-order valence-corrected chi connectivity index (χ0v) is 16.0. The molecule has 2 aromatic carbocycles. The number of rotatable bonds is 6. The molecule has 1 fully saturated rings. The Bertz CT molecular complexity index is 929. The third kappa shape index (κ3) is 3.58. The van der Waals surface area contributed by atoms with Gasteiger partial charge in [0.05, 0.1) is 20.4 Å². The molecule has 0 bridgehead atoms. The molecule has 6 nitrogen and oxygen atoms in total. The lowest BCUT2D eigenvalue weighted by Crippen LogP contribution is -2.27. The van der Waals surface area contributed by atoms with Crippen LogP contribution in [0.4, 0.5) is 5.69 Å². The number of carbonyl (C=O) groups is 1. The van der Waals surface area contributed by atoms with E-state index in [9.17, 15) is 4.79 Å². The number of methoxy groups -OCH3 is 2. The smallest absolute Gasteiger partial charge is 0.230 e. The lowest BCUT2D eigenvalue weighted by molar-refractivity contribution is -0.120. The molecule has 1 unspecified atom stereocenters. The number of aromatic nitrogens is 2. The molecule has 144 valence electrons. The number of aromatic amines is 1. The summed E-state index contributed by atoms with van der Waals surface area (Å²) in [7, 11) is 3.27. The second-order valence-corrected chi connectivity index (χ2v) is 6.93. The molecule has 1 atom stereocenters. The lowest BCUT2D eigenvalue weighted by Gasteiger charge is -2.17. The first-order valence-electron chi connectivity index (χ1n) is 9.30. The van der Waals surface area contributed by atoms with E-state index in [-0.39, 0.29) is 11.8 Å². The molecule has 0 saturated carbocycles.